The molecule has 1 aromatic heterocycles. The Kier molecular flexibility index (Phi) is 11.8. The summed E-state index contributed by atoms with van der Waals surface area (Å²) >= 11 is 0. The van der Waals surface area contributed by atoms with E-state index in [1.165, 1.54) is 30.5 Å². The second-order valence-corrected chi connectivity index (χ2v) is 6.02. The molecule has 2 aromatic carbocycles. The smallest absolute Gasteiger partial charge is 0.870 e. The number of rotatable bonds is 3. The molecular weight excluding hydrogens is 425 g/mol. The minimum absolute atomic E-state index is 0. The van der Waals surface area contributed by atoms with E-state index in [-0.39, 0.29) is 80.5 Å². The van der Waals surface area contributed by atoms with E-state index in [2.05, 4.69) is 15.2 Å². The molecule has 0 saturated heterocycles. The van der Waals surface area contributed by atoms with Crippen LogP contribution in [0, 0.1) is 0 Å². The van der Waals surface area contributed by atoms with Crippen molar-refractivity contribution in [2.45, 2.75) is 4.90 Å². The van der Waals surface area contributed by atoms with Crippen molar-refractivity contribution in [3.63, 3.8) is 0 Å². The van der Waals surface area contributed by atoms with Gasteiger partial charge >= 0.3 is 46.9 Å². The molecule has 12 heteroatoms. The third-order valence-corrected chi connectivity index (χ3v) is 3.92. The van der Waals surface area contributed by atoms with Crippen molar-refractivity contribution in [3.05, 3.63) is 54.7 Å². The average molecular weight is 436 g/mol. The van der Waals surface area contributed by atoms with Crippen molar-refractivity contribution < 1.29 is 75.9 Å². The first-order valence-electron chi connectivity index (χ1n) is 6.47. The van der Waals surface area contributed by atoms with E-state index in [1.807, 2.05) is 0 Å². The first-order chi connectivity index (χ1) is 10.9. The van der Waals surface area contributed by atoms with E-state index >= 15 is 0 Å². The number of nitrogens with zero attached hydrogens (tertiary/aromatic N) is 3. The molecule has 3 aromatic rings. The third-order valence-electron chi connectivity index (χ3n) is 3.09. The van der Waals surface area contributed by atoms with Gasteiger partial charge in [0.05, 0.1) is 21.8 Å². The van der Waals surface area contributed by atoms with Crippen molar-refractivity contribution in [2.75, 3.05) is 0 Å². The number of pyridine rings is 1. The molecule has 27 heavy (non-hydrogen) atoms. The van der Waals surface area contributed by atoms with Crippen LogP contribution in [0.1, 0.15) is 0 Å². The number of aromatic nitrogens is 1. The van der Waals surface area contributed by atoms with Gasteiger partial charge in [0.15, 0.2) is 0 Å². The fourth-order valence-electron chi connectivity index (χ4n) is 2.00. The fraction of sp³-hybridized carbons (Fsp3) is 0. The van der Waals surface area contributed by atoms with Gasteiger partial charge in [0, 0.05) is 6.20 Å². The summed E-state index contributed by atoms with van der Waals surface area (Å²) in [6.45, 7) is 0. The minimum Gasteiger partial charge on any atom is -0.870 e. The van der Waals surface area contributed by atoms with Gasteiger partial charge in [-0.1, -0.05) is 23.9 Å². The zero-order valence-electron chi connectivity index (χ0n) is 13.9. The van der Waals surface area contributed by atoms with Crippen LogP contribution in [0.5, 0.6) is 5.75 Å². The van der Waals surface area contributed by atoms with Crippen molar-refractivity contribution in [1.82, 2.24) is 4.98 Å². The first kappa shape index (κ1) is 27.8. The summed E-state index contributed by atoms with van der Waals surface area (Å²) < 4.78 is 32.9. The van der Waals surface area contributed by atoms with E-state index in [1.54, 1.807) is 18.2 Å². The molecule has 0 aliphatic rings. The molecule has 0 atom stereocenters. The van der Waals surface area contributed by atoms with Crippen molar-refractivity contribution in [3.8, 4) is 5.75 Å². The van der Waals surface area contributed by atoms with Gasteiger partial charge in [-0.2, -0.15) is 10.2 Å². The Hall–Kier alpha value is -1.39. The van der Waals surface area contributed by atoms with Gasteiger partial charge in [-0.25, -0.2) is 8.42 Å². The van der Waals surface area contributed by atoms with Crippen LogP contribution in [0.15, 0.2) is 69.9 Å². The minimum atomic E-state index is -4.57. The number of hydrogen-bond acceptors (Lipinski definition) is 9. The normalized spacial score (nSPS) is 10.3. The number of azo groups is 1. The Labute approximate surface area is 188 Å². The molecule has 135 valence electrons. The zero-order valence-corrected chi connectivity index (χ0v) is 18.0. The van der Waals surface area contributed by atoms with Crippen LogP contribution < -0.4 is 34.7 Å². The Balaban J connectivity index is 0. The molecule has 0 unspecified atom stereocenters. The molecule has 0 spiro atoms. The molecular formula is C15H11CrN3NaO6S. The van der Waals surface area contributed by atoms with Crippen LogP contribution >= 0.6 is 0 Å². The Morgan fingerprint density at radius 3 is 2.33 bits per heavy atom. The second kappa shape index (κ2) is 11.5. The summed E-state index contributed by atoms with van der Waals surface area (Å²) in [5.41, 5.74) is 0.508. The maximum atomic E-state index is 12.2. The number of hydrogen-bond donors (Lipinski definition) is 0. The SMILES string of the molecule is O=S(=O)([O-])c1cccc(N=Nc2ccc3cccnc3c2[O-])c1.[Cr+3].[Na+].[OH-].[OH-]. The fourth-order valence-corrected chi connectivity index (χ4v) is 2.51. The van der Waals surface area contributed by atoms with Gasteiger partial charge in [0.25, 0.3) is 0 Å². The molecule has 2 N–H and O–H groups in total. The second-order valence-electron chi connectivity index (χ2n) is 4.64. The van der Waals surface area contributed by atoms with E-state index in [0.717, 1.165) is 6.07 Å². The van der Waals surface area contributed by atoms with Crippen molar-refractivity contribution in [1.29, 1.82) is 0 Å². The van der Waals surface area contributed by atoms with Crippen LogP contribution in [0.4, 0.5) is 11.4 Å². The third kappa shape index (κ3) is 6.62. The number of benzene rings is 2. The van der Waals surface area contributed by atoms with Gasteiger partial charge in [-0.3, -0.25) is 4.98 Å². The summed E-state index contributed by atoms with van der Waals surface area (Å²) in [5, 5.41) is 20.5. The molecule has 3 rings (SSSR count). The van der Waals surface area contributed by atoms with Crippen molar-refractivity contribution in [2.24, 2.45) is 10.2 Å². The van der Waals surface area contributed by atoms with Crippen LogP contribution in [0.2, 0.25) is 0 Å². The van der Waals surface area contributed by atoms with E-state index in [0.29, 0.717) is 5.39 Å². The Morgan fingerprint density at radius 1 is 0.963 bits per heavy atom. The van der Waals surface area contributed by atoms with E-state index in [9.17, 15) is 18.1 Å². The van der Waals surface area contributed by atoms with Crippen LogP contribution in [0.3, 0.4) is 0 Å². The quantitative estimate of drug-likeness (QED) is 0.295. The van der Waals surface area contributed by atoms with E-state index in [4.69, 9.17) is 0 Å². The topological polar surface area (TPSA) is 178 Å². The summed E-state index contributed by atoms with van der Waals surface area (Å²) in [7, 11) is -4.57. The standard InChI is InChI=1S/C15H11N3O4S.Cr.Na.2H2O/c19-15-13(7-6-10-3-2-8-16-14(10)15)18-17-11-4-1-5-12(9-11)23(20,21)22;;;;/h1-9,19H,(H,20,21,22);;;2*1H2/q;+3;+1;;/p-4. The molecule has 0 aliphatic heterocycles. The molecule has 9 nitrogen and oxygen atoms in total. The van der Waals surface area contributed by atoms with Crippen LogP contribution in [-0.2, 0) is 27.5 Å². The van der Waals surface area contributed by atoms with Gasteiger partial charge in [0.1, 0.15) is 10.1 Å². The predicted molar refractivity (Wildman–Crippen MR) is 83.6 cm³/mol. The van der Waals surface area contributed by atoms with Crippen LogP contribution in [-0.4, -0.2) is 28.9 Å². The van der Waals surface area contributed by atoms with Crippen LogP contribution in [0.25, 0.3) is 10.9 Å². The molecule has 0 aliphatic carbocycles. The average Bonchev–Trinajstić information content (AvgIpc) is 2.54. The predicted octanol–water partition coefficient (Wildman–Crippen LogP) is -0.724. The first-order valence-corrected chi connectivity index (χ1v) is 7.88. The molecule has 0 fully saturated rings. The molecule has 0 saturated carbocycles. The molecule has 1 heterocycles. The summed E-state index contributed by atoms with van der Waals surface area (Å²) in [6.07, 6.45) is 1.51. The maximum Gasteiger partial charge on any atom is 3.00 e. The maximum absolute atomic E-state index is 12.2. The van der Waals surface area contributed by atoms with E-state index < -0.39 is 15.0 Å². The van der Waals surface area contributed by atoms with Gasteiger partial charge in [0.2, 0.25) is 0 Å². The summed E-state index contributed by atoms with van der Waals surface area (Å²) in [6, 6.07) is 11.8. The van der Waals surface area contributed by atoms with Gasteiger partial charge in [-0.15, -0.1) is 0 Å². The largest absolute Gasteiger partial charge is 3.00 e. The molecule has 0 amide bonds. The molecule has 1 radical (unpaired) electrons. The van der Waals surface area contributed by atoms with Gasteiger partial charge in [-0.05, 0) is 35.7 Å². The Morgan fingerprint density at radius 2 is 1.67 bits per heavy atom. The Bertz CT molecular complexity index is 1030. The number of fused-ring (bicyclic) bond motifs is 1. The van der Waals surface area contributed by atoms with Gasteiger partial charge < -0.3 is 20.6 Å². The monoisotopic (exact) mass is 436 g/mol. The molecule has 0 bridgehead atoms. The summed E-state index contributed by atoms with van der Waals surface area (Å²) in [4.78, 5) is 3.60. The zero-order chi connectivity index (χ0) is 16.4. The van der Waals surface area contributed by atoms with Crippen molar-refractivity contribution >= 4 is 32.4 Å². The summed E-state index contributed by atoms with van der Waals surface area (Å²) in [5.74, 6) is -0.376.